The Morgan fingerprint density at radius 3 is 2.65 bits per heavy atom. The minimum atomic E-state index is -0.515. The van der Waals surface area contributed by atoms with Crippen LogP contribution >= 0.6 is 0 Å². The molecule has 17 heavy (non-hydrogen) atoms. The number of hydrogen-bond donors (Lipinski definition) is 0. The Kier molecular flexibility index (Phi) is 4.47. The first-order chi connectivity index (χ1) is 7.98. The standard InChI is InChI=1S/C13H16FNO2/c1-13(2,16-3)6-7-17-12-5-4-10(9-15)8-11(12)14/h4-5,8H,6-7H2,1-3H3. The molecule has 0 aromatic heterocycles. The summed E-state index contributed by atoms with van der Waals surface area (Å²) in [6.45, 7) is 4.24. The Hall–Kier alpha value is -1.60. The lowest BCUT2D eigenvalue weighted by Crippen LogP contribution is -2.25. The summed E-state index contributed by atoms with van der Waals surface area (Å²) >= 11 is 0. The molecule has 0 aliphatic rings. The molecule has 0 saturated carbocycles. The fourth-order valence-corrected chi connectivity index (χ4v) is 1.20. The first-order valence-electron chi connectivity index (χ1n) is 5.36. The van der Waals surface area contributed by atoms with E-state index in [1.807, 2.05) is 19.9 Å². The zero-order valence-corrected chi connectivity index (χ0v) is 10.3. The van der Waals surface area contributed by atoms with Gasteiger partial charge in [0.15, 0.2) is 11.6 Å². The molecule has 0 bridgehead atoms. The van der Waals surface area contributed by atoms with Crippen molar-refractivity contribution in [1.82, 2.24) is 0 Å². The van der Waals surface area contributed by atoms with Crippen LogP contribution in [0.1, 0.15) is 25.8 Å². The average molecular weight is 237 g/mol. The fourth-order valence-electron chi connectivity index (χ4n) is 1.20. The highest BCUT2D eigenvalue weighted by Gasteiger charge is 2.16. The Labute approximate surface area is 101 Å². The number of nitriles is 1. The molecule has 4 heteroatoms. The van der Waals surface area contributed by atoms with Gasteiger partial charge in [-0.15, -0.1) is 0 Å². The summed E-state index contributed by atoms with van der Waals surface area (Å²) in [5.74, 6) is -0.352. The summed E-state index contributed by atoms with van der Waals surface area (Å²) < 4.78 is 24.0. The number of nitrogens with zero attached hydrogens (tertiary/aromatic N) is 1. The minimum Gasteiger partial charge on any atom is -0.490 e. The molecule has 0 fully saturated rings. The number of methoxy groups -OCH3 is 1. The highest BCUT2D eigenvalue weighted by Crippen LogP contribution is 2.20. The van der Waals surface area contributed by atoms with E-state index in [0.717, 1.165) is 6.07 Å². The number of ether oxygens (including phenoxy) is 2. The molecule has 1 aromatic rings. The van der Waals surface area contributed by atoms with Gasteiger partial charge in [0.05, 0.1) is 23.8 Å². The molecule has 3 nitrogen and oxygen atoms in total. The monoisotopic (exact) mass is 237 g/mol. The highest BCUT2D eigenvalue weighted by atomic mass is 19.1. The lowest BCUT2D eigenvalue weighted by Gasteiger charge is -2.22. The van der Waals surface area contributed by atoms with Crippen LogP contribution in [0.5, 0.6) is 5.75 Å². The Balaban J connectivity index is 2.56. The van der Waals surface area contributed by atoms with Crippen LogP contribution in [-0.2, 0) is 4.74 Å². The van der Waals surface area contributed by atoms with E-state index in [9.17, 15) is 4.39 Å². The predicted octanol–water partition coefficient (Wildman–Crippen LogP) is 2.89. The molecule has 0 radical (unpaired) electrons. The number of benzene rings is 1. The normalized spacial score (nSPS) is 11.0. The van der Waals surface area contributed by atoms with Crippen molar-refractivity contribution in [3.05, 3.63) is 29.6 Å². The van der Waals surface area contributed by atoms with Crippen LogP contribution in [0.2, 0.25) is 0 Å². The zero-order valence-electron chi connectivity index (χ0n) is 10.3. The van der Waals surface area contributed by atoms with Crippen molar-refractivity contribution in [2.45, 2.75) is 25.9 Å². The maximum Gasteiger partial charge on any atom is 0.166 e. The van der Waals surface area contributed by atoms with Crippen LogP contribution in [0, 0.1) is 17.1 Å². The molecule has 0 unspecified atom stereocenters. The van der Waals surface area contributed by atoms with Gasteiger partial charge < -0.3 is 9.47 Å². The van der Waals surface area contributed by atoms with Gasteiger partial charge >= 0.3 is 0 Å². The van der Waals surface area contributed by atoms with E-state index in [2.05, 4.69) is 0 Å². The second kappa shape index (κ2) is 5.65. The molecule has 0 atom stereocenters. The largest absolute Gasteiger partial charge is 0.490 e. The SMILES string of the molecule is COC(C)(C)CCOc1ccc(C#N)cc1F. The molecule has 0 saturated heterocycles. The summed E-state index contributed by atoms with van der Waals surface area (Å²) in [4.78, 5) is 0. The maximum absolute atomic E-state index is 13.4. The third-order valence-corrected chi connectivity index (χ3v) is 2.58. The van der Waals surface area contributed by atoms with Crippen molar-refractivity contribution in [1.29, 1.82) is 5.26 Å². The van der Waals surface area contributed by atoms with Gasteiger partial charge in [-0.3, -0.25) is 0 Å². The summed E-state index contributed by atoms with van der Waals surface area (Å²) in [5.41, 5.74) is -0.00429. The predicted molar refractivity (Wildman–Crippen MR) is 62.3 cm³/mol. The van der Waals surface area contributed by atoms with E-state index in [4.69, 9.17) is 14.7 Å². The second-order valence-corrected chi connectivity index (χ2v) is 4.32. The molecule has 0 amide bonds. The van der Waals surface area contributed by atoms with Gasteiger partial charge in [-0.1, -0.05) is 0 Å². The lowest BCUT2D eigenvalue weighted by atomic mass is 10.1. The number of rotatable bonds is 5. The summed E-state index contributed by atoms with van der Waals surface area (Å²) in [7, 11) is 1.63. The molecule has 0 spiro atoms. The molecule has 1 aromatic carbocycles. The maximum atomic E-state index is 13.4. The van der Waals surface area contributed by atoms with Crippen molar-refractivity contribution in [2.75, 3.05) is 13.7 Å². The minimum absolute atomic E-state index is 0.163. The van der Waals surface area contributed by atoms with Crippen LogP contribution in [0.4, 0.5) is 4.39 Å². The molecule has 0 aliphatic heterocycles. The Morgan fingerprint density at radius 2 is 2.12 bits per heavy atom. The first kappa shape index (κ1) is 13.5. The lowest BCUT2D eigenvalue weighted by molar-refractivity contribution is 0.00514. The molecule has 0 N–H and O–H groups in total. The van der Waals surface area contributed by atoms with Crippen molar-refractivity contribution < 1.29 is 13.9 Å². The molecular weight excluding hydrogens is 221 g/mol. The smallest absolute Gasteiger partial charge is 0.166 e. The average Bonchev–Trinajstić information content (AvgIpc) is 2.31. The van der Waals surface area contributed by atoms with Crippen molar-refractivity contribution in [2.24, 2.45) is 0 Å². The van der Waals surface area contributed by atoms with E-state index in [1.54, 1.807) is 7.11 Å². The van der Waals surface area contributed by atoms with E-state index in [1.165, 1.54) is 12.1 Å². The quantitative estimate of drug-likeness (QED) is 0.790. The summed E-state index contributed by atoms with van der Waals surface area (Å²) in [5, 5.41) is 8.59. The van der Waals surface area contributed by atoms with Gasteiger partial charge in [0.2, 0.25) is 0 Å². The first-order valence-corrected chi connectivity index (χ1v) is 5.36. The van der Waals surface area contributed by atoms with Crippen molar-refractivity contribution >= 4 is 0 Å². The topological polar surface area (TPSA) is 42.2 Å². The van der Waals surface area contributed by atoms with Gasteiger partial charge in [0.1, 0.15) is 0 Å². The highest BCUT2D eigenvalue weighted by molar-refractivity contribution is 5.35. The Morgan fingerprint density at radius 1 is 1.41 bits per heavy atom. The Bertz CT molecular complexity index is 424. The van der Waals surface area contributed by atoms with Crippen LogP contribution in [0.25, 0.3) is 0 Å². The third kappa shape index (κ3) is 4.04. The van der Waals surface area contributed by atoms with Gasteiger partial charge in [0, 0.05) is 13.5 Å². The third-order valence-electron chi connectivity index (χ3n) is 2.58. The summed E-state index contributed by atoms with van der Waals surface area (Å²) in [6, 6.07) is 6.03. The van der Waals surface area contributed by atoms with Crippen LogP contribution in [0.3, 0.4) is 0 Å². The second-order valence-electron chi connectivity index (χ2n) is 4.32. The number of hydrogen-bond acceptors (Lipinski definition) is 3. The van der Waals surface area contributed by atoms with Gasteiger partial charge in [-0.25, -0.2) is 4.39 Å². The molecule has 0 aliphatic carbocycles. The van der Waals surface area contributed by atoms with E-state index in [-0.39, 0.29) is 16.9 Å². The fraction of sp³-hybridized carbons (Fsp3) is 0.462. The van der Waals surface area contributed by atoms with E-state index in [0.29, 0.717) is 13.0 Å². The van der Waals surface area contributed by atoms with Gasteiger partial charge in [0.25, 0.3) is 0 Å². The summed E-state index contributed by atoms with van der Waals surface area (Å²) in [6.07, 6.45) is 0.656. The molecule has 1 rings (SSSR count). The number of halogens is 1. The molecule has 92 valence electrons. The van der Waals surface area contributed by atoms with E-state index >= 15 is 0 Å². The molecular formula is C13H16FNO2. The van der Waals surface area contributed by atoms with Crippen molar-refractivity contribution in [3.63, 3.8) is 0 Å². The van der Waals surface area contributed by atoms with Crippen molar-refractivity contribution in [3.8, 4) is 11.8 Å². The van der Waals surface area contributed by atoms with Gasteiger partial charge in [-0.2, -0.15) is 5.26 Å². The molecule has 0 heterocycles. The van der Waals surface area contributed by atoms with E-state index < -0.39 is 5.82 Å². The van der Waals surface area contributed by atoms with Crippen LogP contribution in [-0.4, -0.2) is 19.3 Å². The zero-order chi connectivity index (χ0) is 12.9. The van der Waals surface area contributed by atoms with Gasteiger partial charge in [-0.05, 0) is 32.0 Å². The van der Waals surface area contributed by atoms with Crippen LogP contribution in [0.15, 0.2) is 18.2 Å². The van der Waals surface area contributed by atoms with Crippen LogP contribution < -0.4 is 4.74 Å².